The van der Waals surface area contributed by atoms with Gasteiger partial charge in [-0.2, -0.15) is 0 Å². The van der Waals surface area contributed by atoms with Crippen LogP contribution in [-0.2, 0) is 11.2 Å². The molecule has 194 valence electrons. The fourth-order valence-electron chi connectivity index (χ4n) is 5.07. The standard InChI is InChI=1S/C28H26FN5O4/c29-21-7-5-18(27(36)32-26-20-4-2-1-3-17(20)14-24(26)35)13-22(21)31-28(37)23-15-30-25-8-6-19(16-34(23)25)33-9-11-38-12-10-33/h1-8,13,15-16,24,26,35H,9-12,14H2,(H,31,37)(H,32,36)/t24-,26+/m0/s1. The molecule has 3 N–H and O–H groups in total. The van der Waals surface area contributed by atoms with Crippen molar-refractivity contribution in [1.82, 2.24) is 14.7 Å². The highest BCUT2D eigenvalue weighted by Gasteiger charge is 2.32. The first-order chi connectivity index (χ1) is 18.5. The summed E-state index contributed by atoms with van der Waals surface area (Å²) in [5.41, 5.74) is 3.59. The first-order valence-corrected chi connectivity index (χ1v) is 12.5. The number of imidazole rings is 1. The zero-order valence-electron chi connectivity index (χ0n) is 20.4. The Balaban J connectivity index is 1.21. The molecule has 6 rings (SSSR count). The van der Waals surface area contributed by atoms with Crippen LogP contribution in [0.2, 0.25) is 0 Å². The summed E-state index contributed by atoms with van der Waals surface area (Å²) in [5, 5.41) is 15.9. The lowest BCUT2D eigenvalue weighted by Gasteiger charge is -2.28. The van der Waals surface area contributed by atoms with Crippen LogP contribution in [0.5, 0.6) is 0 Å². The minimum atomic E-state index is -0.756. The molecule has 0 bridgehead atoms. The van der Waals surface area contributed by atoms with Crippen molar-refractivity contribution in [1.29, 1.82) is 0 Å². The van der Waals surface area contributed by atoms with E-state index in [1.165, 1.54) is 18.3 Å². The second-order valence-corrected chi connectivity index (χ2v) is 9.43. The number of ether oxygens (including phenoxy) is 1. The first kappa shape index (κ1) is 24.1. The van der Waals surface area contributed by atoms with E-state index in [0.29, 0.717) is 25.3 Å². The summed E-state index contributed by atoms with van der Waals surface area (Å²) >= 11 is 0. The molecule has 2 amide bonds. The highest BCUT2D eigenvalue weighted by Crippen LogP contribution is 2.31. The number of pyridine rings is 1. The van der Waals surface area contributed by atoms with Gasteiger partial charge in [0, 0.05) is 31.3 Å². The smallest absolute Gasteiger partial charge is 0.274 e. The van der Waals surface area contributed by atoms with E-state index >= 15 is 0 Å². The SMILES string of the molecule is O=C(N[C@@H]1c2ccccc2C[C@@H]1O)c1ccc(F)c(NC(=O)c2cnc3ccc(N4CCOCC4)cn23)c1. The highest BCUT2D eigenvalue weighted by molar-refractivity contribution is 6.04. The summed E-state index contributed by atoms with van der Waals surface area (Å²) in [5.74, 6) is -1.72. The number of rotatable bonds is 5. The van der Waals surface area contributed by atoms with Crippen molar-refractivity contribution in [3.8, 4) is 0 Å². The van der Waals surface area contributed by atoms with Gasteiger partial charge >= 0.3 is 0 Å². The monoisotopic (exact) mass is 515 g/mol. The molecule has 1 fully saturated rings. The molecule has 2 aliphatic rings. The van der Waals surface area contributed by atoms with E-state index in [1.54, 1.807) is 4.40 Å². The van der Waals surface area contributed by atoms with Crippen LogP contribution in [0.4, 0.5) is 15.8 Å². The van der Waals surface area contributed by atoms with Gasteiger partial charge in [0.2, 0.25) is 0 Å². The average Bonchev–Trinajstić information content (AvgIpc) is 3.50. The van der Waals surface area contributed by atoms with Crippen LogP contribution in [0.25, 0.3) is 5.65 Å². The molecule has 2 aromatic carbocycles. The zero-order chi connectivity index (χ0) is 26.2. The van der Waals surface area contributed by atoms with Gasteiger partial charge in [-0.15, -0.1) is 0 Å². The third-order valence-electron chi connectivity index (χ3n) is 7.07. The molecule has 0 radical (unpaired) electrons. The van der Waals surface area contributed by atoms with Crippen LogP contribution in [0.1, 0.15) is 38.0 Å². The maximum absolute atomic E-state index is 14.7. The third kappa shape index (κ3) is 4.48. The van der Waals surface area contributed by atoms with E-state index in [4.69, 9.17) is 4.74 Å². The molecule has 0 unspecified atom stereocenters. The number of benzene rings is 2. The number of nitrogens with one attached hydrogen (secondary N) is 2. The van der Waals surface area contributed by atoms with E-state index in [-0.39, 0.29) is 16.9 Å². The molecule has 2 aromatic heterocycles. The molecule has 0 spiro atoms. The lowest BCUT2D eigenvalue weighted by Crippen LogP contribution is -2.36. The Hall–Kier alpha value is -4.28. The highest BCUT2D eigenvalue weighted by atomic mass is 19.1. The van der Waals surface area contributed by atoms with Crippen LogP contribution in [0, 0.1) is 5.82 Å². The molecule has 1 aliphatic heterocycles. The Morgan fingerprint density at radius 2 is 1.87 bits per heavy atom. The van der Waals surface area contributed by atoms with Gasteiger partial charge in [-0.25, -0.2) is 9.37 Å². The number of amides is 2. The number of halogens is 1. The van der Waals surface area contributed by atoms with Gasteiger partial charge in [0.25, 0.3) is 11.8 Å². The van der Waals surface area contributed by atoms with Crippen molar-refractivity contribution in [3.63, 3.8) is 0 Å². The molecule has 2 atom stereocenters. The first-order valence-electron chi connectivity index (χ1n) is 12.5. The van der Waals surface area contributed by atoms with Gasteiger partial charge < -0.3 is 25.4 Å². The van der Waals surface area contributed by atoms with Gasteiger partial charge in [-0.3, -0.25) is 14.0 Å². The van der Waals surface area contributed by atoms with Crippen molar-refractivity contribution in [3.05, 3.63) is 95.2 Å². The summed E-state index contributed by atoms with van der Waals surface area (Å²) in [7, 11) is 0. The van der Waals surface area contributed by atoms with Crippen molar-refractivity contribution in [2.45, 2.75) is 18.6 Å². The van der Waals surface area contributed by atoms with Crippen LogP contribution >= 0.6 is 0 Å². The molecule has 3 heterocycles. The Morgan fingerprint density at radius 3 is 2.71 bits per heavy atom. The molecular formula is C28H26FN5O4. The quantitative estimate of drug-likeness (QED) is 0.377. The molecule has 10 heteroatoms. The summed E-state index contributed by atoms with van der Waals surface area (Å²) in [6, 6.07) is 14.5. The second-order valence-electron chi connectivity index (χ2n) is 9.43. The van der Waals surface area contributed by atoms with Crippen molar-refractivity contribution in [2.24, 2.45) is 0 Å². The number of fused-ring (bicyclic) bond motifs is 2. The summed E-state index contributed by atoms with van der Waals surface area (Å²) in [4.78, 5) is 32.6. The van der Waals surface area contributed by atoms with E-state index in [0.717, 1.165) is 36.0 Å². The Labute approximate surface area is 217 Å². The number of carbonyl (C=O) groups is 2. The molecular weight excluding hydrogens is 489 g/mol. The topological polar surface area (TPSA) is 108 Å². The third-order valence-corrected chi connectivity index (χ3v) is 7.07. The maximum atomic E-state index is 14.7. The molecule has 0 saturated carbocycles. The predicted molar refractivity (Wildman–Crippen MR) is 139 cm³/mol. The van der Waals surface area contributed by atoms with Crippen molar-refractivity contribution < 1.29 is 23.8 Å². The molecule has 4 aromatic rings. The number of hydrogen-bond donors (Lipinski definition) is 3. The van der Waals surface area contributed by atoms with Gasteiger partial charge in [0.05, 0.1) is 42.9 Å². The average molecular weight is 516 g/mol. The molecule has 9 nitrogen and oxygen atoms in total. The van der Waals surface area contributed by atoms with Crippen molar-refractivity contribution in [2.75, 3.05) is 36.5 Å². The predicted octanol–water partition coefficient (Wildman–Crippen LogP) is 2.95. The van der Waals surface area contributed by atoms with Crippen molar-refractivity contribution >= 4 is 28.8 Å². The van der Waals surface area contributed by atoms with Gasteiger partial charge in [0.15, 0.2) is 0 Å². The number of anilines is 2. The van der Waals surface area contributed by atoms with E-state index in [2.05, 4.69) is 20.5 Å². The number of aliphatic hydroxyl groups is 1. The number of carbonyl (C=O) groups excluding carboxylic acids is 2. The number of nitrogens with zero attached hydrogens (tertiary/aromatic N) is 3. The molecule has 1 saturated heterocycles. The lowest BCUT2D eigenvalue weighted by molar-refractivity contribution is 0.0857. The second kappa shape index (κ2) is 9.88. The van der Waals surface area contributed by atoms with Crippen LogP contribution in [0.15, 0.2) is 67.0 Å². The van der Waals surface area contributed by atoms with Gasteiger partial charge in [0.1, 0.15) is 17.2 Å². The summed E-state index contributed by atoms with van der Waals surface area (Å²) in [6.07, 6.45) is 2.95. The van der Waals surface area contributed by atoms with Crippen LogP contribution in [0.3, 0.4) is 0 Å². The van der Waals surface area contributed by atoms with E-state index in [9.17, 15) is 19.1 Å². The summed E-state index contributed by atoms with van der Waals surface area (Å²) < 4.78 is 21.8. The Bertz CT molecular complexity index is 1530. The minimum Gasteiger partial charge on any atom is -0.390 e. The molecule has 38 heavy (non-hydrogen) atoms. The number of morpholine rings is 1. The molecule has 1 aliphatic carbocycles. The minimum absolute atomic E-state index is 0.130. The lowest BCUT2D eigenvalue weighted by atomic mass is 10.1. The number of hydrogen-bond acceptors (Lipinski definition) is 6. The van der Waals surface area contributed by atoms with Gasteiger partial charge in [-0.1, -0.05) is 24.3 Å². The van der Waals surface area contributed by atoms with E-state index in [1.807, 2.05) is 42.6 Å². The Morgan fingerprint density at radius 1 is 1.05 bits per heavy atom. The zero-order valence-corrected chi connectivity index (χ0v) is 20.4. The van der Waals surface area contributed by atoms with Crippen LogP contribution < -0.4 is 15.5 Å². The largest absolute Gasteiger partial charge is 0.390 e. The fraction of sp³-hybridized carbons (Fsp3) is 0.250. The fourth-order valence-corrected chi connectivity index (χ4v) is 5.07. The van der Waals surface area contributed by atoms with Crippen LogP contribution in [-0.4, -0.2) is 58.7 Å². The normalized spacial score (nSPS) is 18.8. The Kier molecular flexibility index (Phi) is 6.26. The van der Waals surface area contributed by atoms with Gasteiger partial charge in [-0.05, 0) is 41.5 Å². The number of aromatic nitrogens is 2. The number of aliphatic hydroxyl groups excluding tert-OH is 1. The summed E-state index contributed by atoms with van der Waals surface area (Å²) in [6.45, 7) is 2.74. The maximum Gasteiger partial charge on any atom is 0.274 e. The van der Waals surface area contributed by atoms with E-state index < -0.39 is 29.8 Å².